The summed E-state index contributed by atoms with van der Waals surface area (Å²) in [6, 6.07) is 4.63. The predicted molar refractivity (Wildman–Crippen MR) is 142 cm³/mol. The number of rotatable bonds is 4. The quantitative estimate of drug-likeness (QED) is 0.603. The minimum absolute atomic E-state index is 0.380. The Labute approximate surface area is 204 Å². The molecule has 0 radical (unpaired) electrons. The summed E-state index contributed by atoms with van der Waals surface area (Å²) >= 11 is 2.00. The van der Waals surface area contributed by atoms with Crippen molar-refractivity contribution in [2.24, 2.45) is 11.8 Å². The molecule has 1 aromatic rings. The minimum atomic E-state index is 0.380. The average molecular weight is 465 g/mol. The van der Waals surface area contributed by atoms with Crippen LogP contribution in [0.2, 0.25) is 0 Å². The number of piperazine rings is 1. The molecule has 0 saturated carbocycles. The van der Waals surface area contributed by atoms with Gasteiger partial charge in [-0.25, -0.2) is 4.31 Å². The van der Waals surface area contributed by atoms with Gasteiger partial charge in [-0.3, -0.25) is 0 Å². The summed E-state index contributed by atoms with van der Waals surface area (Å²) in [6.45, 7) is 17.5. The second-order valence-corrected chi connectivity index (χ2v) is 11.7. The number of anilines is 1. The number of nitrogens with zero attached hydrogens (tertiary/aromatic N) is 3. The highest BCUT2D eigenvalue weighted by Gasteiger charge is 2.30. The molecule has 2 atom stereocenters. The molecule has 1 N–H and O–H groups in total. The fraction of sp³-hybridized carbons (Fsp3) is 0.571. The summed E-state index contributed by atoms with van der Waals surface area (Å²) in [5.74, 6) is 1.80. The molecule has 2 saturated heterocycles. The van der Waals surface area contributed by atoms with Gasteiger partial charge in [0.25, 0.3) is 0 Å². The largest absolute Gasteiger partial charge is 0.356 e. The van der Waals surface area contributed by atoms with Gasteiger partial charge in [0.2, 0.25) is 0 Å². The summed E-state index contributed by atoms with van der Waals surface area (Å²) < 4.78 is 2.60. The maximum absolute atomic E-state index is 4.30. The smallest absolute Gasteiger partial charge is 0.0426 e. The Morgan fingerprint density at radius 1 is 1.06 bits per heavy atom. The number of piperidine rings is 1. The lowest BCUT2D eigenvalue weighted by atomic mass is 9.82. The van der Waals surface area contributed by atoms with Crippen LogP contribution in [0.5, 0.6) is 0 Å². The highest BCUT2D eigenvalue weighted by molar-refractivity contribution is 7.97. The second kappa shape index (κ2) is 9.99. The van der Waals surface area contributed by atoms with Crippen LogP contribution in [-0.4, -0.2) is 67.0 Å². The third kappa shape index (κ3) is 5.12. The number of fused-ring (bicyclic) bond motifs is 1. The molecule has 1 aliphatic carbocycles. The number of nitrogens with one attached hydrogen (secondary N) is 1. The van der Waals surface area contributed by atoms with Gasteiger partial charge in [0.1, 0.15) is 0 Å². The number of hydrogen-bond acceptors (Lipinski definition) is 5. The maximum atomic E-state index is 4.30. The number of allylic oxidation sites excluding steroid dienone is 4. The van der Waals surface area contributed by atoms with Crippen molar-refractivity contribution in [3.63, 3.8) is 0 Å². The van der Waals surface area contributed by atoms with Crippen molar-refractivity contribution >= 4 is 17.6 Å². The first-order chi connectivity index (χ1) is 16.0. The van der Waals surface area contributed by atoms with Crippen molar-refractivity contribution in [1.82, 2.24) is 14.1 Å². The lowest BCUT2D eigenvalue weighted by Crippen LogP contribution is -2.46. The van der Waals surface area contributed by atoms with Crippen LogP contribution in [0.4, 0.5) is 5.69 Å². The maximum Gasteiger partial charge on any atom is 0.0426 e. The zero-order valence-electron chi connectivity index (χ0n) is 20.6. The summed E-state index contributed by atoms with van der Waals surface area (Å²) in [5.41, 5.74) is 6.62. The molecule has 2 bridgehead atoms. The van der Waals surface area contributed by atoms with Crippen LogP contribution in [0.25, 0.3) is 0 Å². The number of hydrogen-bond donors (Lipinski definition) is 1. The van der Waals surface area contributed by atoms with Gasteiger partial charge in [-0.1, -0.05) is 38.7 Å². The van der Waals surface area contributed by atoms with E-state index in [1.54, 1.807) is 0 Å². The van der Waals surface area contributed by atoms with Crippen LogP contribution < -0.4 is 5.32 Å². The first kappa shape index (κ1) is 23.2. The molecule has 3 heterocycles. The zero-order chi connectivity index (χ0) is 22.9. The molecule has 0 aromatic heterocycles. The van der Waals surface area contributed by atoms with E-state index in [0.29, 0.717) is 11.8 Å². The van der Waals surface area contributed by atoms with E-state index in [-0.39, 0.29) is 0 Å². The van der Waals surface area contributed by atoms with E-state index in [1.807, 2.05) is 11.9 Å². The number of benzene rings is 1. The molecule has 0 amide bonds. The fourth-order valence-corrected chi connectivity index (χ4v) is 6.99. The van der Waals surface area contributed by atoms with Gasteiger partial charge in [0.15, 0.2) is 0 Å². The Hall–Kier alpha value is -1.53. The summed E-state index contributed by atoms with van der Waals surface area (Å²) in [4.78, 5) is 6.63. The normalized spacial score (nSPS) is 30.0. The van der Waals surface area contributed by atoms with E-state index in [2.05, 4.69) is 77.3 Å². The van der Waals surface area contributed by atoms with Gasteiger partial charge in [0, 0.05) is 54.9 Å². The fourth-order valence-electron chi connectivity index (χ4n) is 5.93. The molecule has 5 heteroatoms. The van der Waals surface area contributed by atoms with Gasteiger partial charge in [-0.05, 0) is 92.0 Å². The molecular weight excluding hydrogens is 424 g/mol. The molecule has 5 rings (SSSR count). The monoisotopic (exact) mass is 464 g/mol. The summed E-state index contributed by atoms with van der Waals surface area (Å²) in [7, 11) is 2.26. The predicted octanol–water partition coefficient (Wildman–Crippen LogP) is 5.37. The molecular formula is C28H40N4S. The molecule has 2 fully saturated rings. The van der Waals surface area contributed by atoms with Gasteiger partial charge < -0.3 is 15.1 Å². The van der Waals surface area contributed by atoms with E-state index >= 15 is 0 Å². The highest BCUT2D eigenvalue weighted by atomic mass is 32.2. The van der Waals surface area contributed by atoms with Crippen LogP contribution in [-0.2, 0) is 6.42 Å². The van der Waals surface area contributed by atoms with E-state index in [1.165, 1.54) is 72.8 Å². The summed E-state index contributed by atoms with van der Waals surface area (Å²) in [5, 5.41) is 3.59. The molecule has 178 valence electrons. The second-order valence-electron chi connectivity index (χ2n) is 10.6. The lowest BCUT2D eigenvalue weighted by Gasteiger charge is -2.38. The van der Waals surface area contributed by atoms with E-state index in [4.69, 9.17) is 0 Å². The van der Waals surface area contributed by atoms with E-state index in [0.717, 1.165) is 31.1 Å². The SMILES string of the molecule is C=C1Nc2ccc(SN3CCN(CC4CCN(C)CC4)CC3)c3c2C(C)/C1=C\C=C/C(C)C3. The average Bonchev–Trinajstić information content (AvgIpc) is 2.85. The van der Waals surface area contributed by atoms with Crippen molar-refractivity contribution in [3.05, 3.63) is 59.3 Å². The molecule has 3 aliphatic heterocycles. The van der Waals surface area contributed by atoms with Crippen molar-refractivity contribution in [2.75, 3.05) is 58.2 Å². The van der Waals surface area contributed by atoms with Gasteiger partial charge in [0.05, 0.1) is 0 Å². The third-order valence-electron chi connectivity index (χ3n) is 8.00. The zero-order valence-corrected chi connectivity index (χ0v) is 21.5. The van der Waals surface area contributed by atoms with Crippen molar-refractivity contribution in [3.8, 4) is 0 Å². The molecule has 2 unspecified atom stereocenters. The van der Waals surface area contributed by atoms with Crippen LogP contribution in [0, 0.1) is 11.8 Å². The first-order valence-electron chi connectivity index (χ1n) is 12.8. The Morgan fingerprint density at radius 3 is 2.58 bits per heavy atom. The van der Waals surface area contributed by atoms with Crippen LogP contribution in [0.1, 0.15) is 43.7 Å². The van der Waals surface area contributed by atoms with Crippen LogP contribution in [0.15, 0.2) is 53.1 Å². The van der Waals surface area contributed by atoms with Crippen molar-refractivity contribution in [1.29, 1.82) is 0 Å². The molecule has 4 nitrogen and oxygen atoms in total. The minimum Gasteiger partial charge on any atom is -0.356 e. The topological polar surface area (TPSA) is 21.8 Å². The van der Waals surface area contributed by atoms with Crippen LogP contribution >= 0.6 is 11.9 Å². The van der Waals surface area contributed by atoms with Crippen molar-refractivity contribution in [2.45, 2.75) is 43.9 Å². The lowest BCUT2D eigenvalue weighted by molar-refractivity contribution is 0.133. The molecule has 33 heavy (non-hydrogen) atoms. The summed E-state index contributed by atoms with van der Waals surface area (Å²) in [6.07, 6.45) is 10.7. The Balaban J connectivity index is 1.28. The number of likely N-dealkylation sites (tertiary alicyclic amines) is 1. The third-order valence-corrected chi connectivity index (χ3v) is 9.20. The van der Waals surface area contributed by atoms with E-state index < -0.39 is 0 Å². The Bertz CT molecular complexity index is 935. The van der Waals surface area contributed by atoms with Gasteiger partial charge in [-0.2, -0.15) is 0 Å². The van der Waals surface area contributed by atoms with Crippen LogP contribution in [0.3, 0.4) is 0 Å². The van der Waals surface area contributed by atoms with Gasteiger partial charge in [-0.15, -0.1) is 0 Å². The van der Waals surface area contributed by atoms with E-state index in [9.17, 15) is 0 Å². The molecule has 0 spiro atoms. The molecule has 1 aromatic carbocycles. The van der Waals surface area contributed by atoms with Crippen molar-refractivity contribution < 1.29 is 0 Å². The standard InChI is InChI=1S/C28H40N4S/c1-20-6-5-7-24-21(2)28-25(18-20)27(9-8-26(28)29-22(24)3)33-32-16-14-31(15-17-32)19-23-10-12-30(4)13-11-23/h5-9,20-21,23,29H,3,10-19H2,1-2,4H3/b6-5-,24-7+. The van der Waals surface area contributed by atoms with Gasteiger partial charge >= 0.3 is 0 Å². The first-order valence-corrected chi connectivity index (χ1v) is 13.6. The highest BCUT2D eigenvalue weighted by Crippen LogP contribution is 2.45. The molecule has 4 aliphatic rings. The Kier molecular flexibility index (Phi) is 7.03. The Morgan fingerprint density at radius 2 is 1.82 bits per heavy atom.